The van der Waals surface area contributed by atoms with E-state index in [0.29, 0.717) is 0 Å². The lowest BCUT2D eigenvalue weighted by molar-refractivity contribution is 0.413. The van der Waals surface area contributed by atoms with E-state index in [-0.39, 0.29) is 17.2 Å². The highest BCUT2D eigenvalue weighted by Crippen LogP contribution is 2.90. The molecule has 1 saturated heterocycles. The Bertz CT molecular complexity index is 1450. The van der Waals surface area contributed by atoms with Gasteiger partial charge in [0.2, 0.25) is 0 Å². The molecule has 2 unspecified atom stereocenters. The number of aryl methyl sites for hydroxylation is 2. The molecule has 0 amide bonds. The van der Waals surface area contributed by atoms with Crippen molar-refractivity contribution in [1.82, 2.24) is 0 Å². The van der Waals surface area contributed by atoms with Crippen molar-refractivity contribution in [3.05, 3.63) is 70.0 Å². The van der Waals surface area contributed by atoms with Gasteiger partial charge in [0.25, 0.3) is 0 Å². The van der Waals surface area contributed by atoms with Crippen LogP contribution in [-0.2, 0) is 22.0 Å². The largest absolute Gasteiger partial charge is 0.497 e. The highest BCUT2D eigenvalue weighted by molar-refractivity contribution is 7.73. The molecule has 6 atom stereocenters. The summed E-state index contributed by atoms with van der Waals surface area (Å²) in [5, 5.41) is 0.765. The molecular formula is C28H30O4P2. The molecular weight excluding hydrogens is 462 g/mol. The van der Waals surface area contributed by atoms with Gasteiger partial charge in [-0.25, -0.2) is 0 Å². The Labute approximate surface area is 201 Å². The van der Waals surface area contributed by atoms with Gasteiger partial charge < -0.3 is 18.6 Å². The van der Waals surface area contributed by atoms with Crippen LogP contribution in [0, 0.1) is 5.92 Å². The van der Waals surface area contributed by atoms with Crippen LogP contribution in [0.1, 0.15) is 35.1 Å². The molecule has 0 aromatic heterocycles. The minimum absolute atomic E-state index is 0.0232. The summed E-state index contributed by atoms with van der Waals surface area (Å²) in [6.45, 7) is 4.01. The molecule has 4 nitrogen and oxygen atoms in total. The molecule has 0 radical (unpaired) electrons. The number of rotatable bonds is 2. The Morgan fingerprint density at radius 1 is 0.882 bits per heavy atom. The van der Waals surface area contributed by atoms with E-state index in [1.165, 1.54) is 38.7 Å². The molecule has 2 aliphatic carbocycles. The van der Waals surface area contributed by atoms with Gasteiger partial charge in [0.1, 0.15) is 25.8 Å². The van der Waals surface area contributed by atoms with Crippen molar-refractivity contribution in [3.8, 4) is 11.5 Å². The highest BCUT2D eigenvalue weighted by Gasteiger charge is 2.76. The summed E-state index contributed by atoms with van der Waals surface area (Å²) in [5.74, 6) is 1.81. The summed E-state index contributed by atoms with van der Waals surface area (Å²) in [6, 6.07) is 12.7. The van der Waals surface area contributed by atoms with Crippen LogP contribution < -0.4 is 9.47 Å². The fourth-order valence-electron chi connectivity index (χ4n) is 8.29. The number of ether oxygens (including phenoxy) is 2. The maximum Gasteiger partial charge on any atom is 0.119 e. The van der Waals surface area contributed by atoms with Gasteiger partial charge >= 0.3 is 0 Å². The fourth-order valence-corrected chi connectivity index (χ4v) is 17.0. The molecule has 0 N–H and O–H groups in total. The third-order valence-electron chi connectivity index (χ3n) is 9.71. The van der Waals surface area contributed by atoms with Gasteiger partial charge in [-0.3, -0.25) is 0 Å². The molecule has 5 aliphatic rings. The third-order valence-corrected chi connectivity index (χ3v) is 17.2. The van der Waals surface area contributed by atoms with E-state index in [9.17, 15) is 9.13 Å². The number of allylic oxidation sites excluding steroid dienone is 4. The maximum absolute atomic E-state index is 14.8. The first kappa shape index (κ1) is 21.3. The third kappa shape index (κ3) is 2.24. The predicted octanol–water partition coefficient (Wildman–Crippen LogP) is 6.51. The van der Waals surface area contributed by atoms with Gasteiger partial charge in [0, 0.05) is 17.2 Å². The van der Waals surface area contributed by atoms with Gasteiger partial charge in [-0.05, 0) is 102 Å². The summed E-state index contributed by atoms with van der Waals surface area (Å²) < 4.78 is 40.3. The van der Waals surface area contributed by atoms with Crippen LogP contribution in [0.15, 0.2) is 47.8 Å². The van der Waals surface area contributed by atoms with Crippen molar-refractivity contribution < 1.29 is 18.6 Å². The molecule has 2 aromatic carbocycles. The van der Waals surface area contributed by atoms with Crippen LogP contribution in [0.2, 0.25) is 0 Å². The average molecular weight is 492 g/mol. The van der Waals surface area contributed by atoms with Gasteiger partial charge in [0.15, 0.2) is 0 Å². The van der Waals surface area contributed by atoms with Crippen LogP contribution in [0.4, 0.5) is 0 Å². The lowest BCUT2D eigenvalue weighted by atomic mass is 9.64. The topological polar surface area (TPSA) is 52.6 Å². The number of hydrogen-bond donors (Lipinski definition) is 0. The summed E-state index contributed by atoms with van der Waals surface area (Å²) in [6.07, 6.45) is 5.76. The molecule has 6 heteroatoms. The minimum atomic E-state index is -2.64. The molecule has 3 heterocycles. The van der Waals surface area contributed by atoms with E-state index >= 15 is 0 Å². The summed E-state index contributed by atoms with van der Waals surface area (Å²) in [5.41, 5.74) is 7.40. The first-order valence-electron chi connectivity index (χ1n) is 12.2. The second-order valence-electron chi connectivity index (χ2n) is 10.9. The second kappa shape index (κ2) is 6.59. The van der Waals surface area contributed by atoms with Gasteiger partial charge in [-0.2, -0.15) is 0 Å². The maximum atomic E-state index is 14.8. The molecule has 176 valence electrons. The zero-order valence-electron chi connectivity index (χ0n) is 20.1. The zero-order valence-corrected chi connectivity index (χ0v) is 21.9. The van der Waals surface area contributed by atoms with E-state index in [4.69, 9.17) is 9.47 Å². The average Bonchev–Trinajstić information content (AvgIpc) is 3.31. The quantitative estimate of drug-likeness (QED) is 0.449. The Balaban J connectivity index is 1.48. The predicted molar refractivity (Wildman–Crippen MR) is 138 cm³/mol. The molecule has 34 heavy (non-hydrogen) atoms. The van der Waals surface area contributed by atoms with Crippen LogP contribution in [-0.4, -0.2) is 44.0 Å². The van der Waals surface area contributed by atoms with E-state index in [2.05, 4.69) is 30.3 Å². The highest BCUT2D eigenvalue weighted by atomic mass is 31.2. The molecule has 2 aromatic rings. The lowest BCUT2D eigenvalue weighted by Gasteiger charge is -2.44. The monoisotopic (exact) mass is 492 g/mol. The molecule has 1 fully saturated rings. The van der Waals surface area contributed by atoms with Crippen LogP contribution in [0.25, 0.3) is 11.1 Å². The van der Waals surface area contributed by atoms with Crippen LogP contribution in [0.3, 0.4) is 0 Å². The van der Waals surface area contributed by atoms with Crippen molar-refractivity contribution in [2.75, 3.05) is 27.5 Å². The minimum Gasteiger partial charge on any atom is -0.497 e. The standard InChI is InChI=1S/C28H30O4P2/c1-31-18-6-8-20-17(14-18)11-12-28-22(20)15-24(34(28,4)30)27-26(28)25-21-9-7-19(32-2)13-16(21)5-10-23(25)33(27,3)29/h6-9,13-15,24,26-27H,5,10-12H2,1-4H3/t24-,26+,27+,28+,33?,34?/m0/s1. The lowest BCUT2D eigenvalue weighted by Crippen LogP contribution is -2.41. The fraction of sp³-hybridized carbons (Fsp3) is 0.429. The van der Waals surface area contributed by atoms with Crippen molar-refractivity contribution in [2.24, 2.45) is 5.92 Å². The second-order valence-corrected chi connectivity index (χ2v) is 17.3. The van der Waals surface area contributed by atoms with E-state index in [1.54, 1.807) is 14.2 Å². The number of methoxy groups -OCH3 is 2. The van der Waals surface area contributed by atoms with Crippen molar-refractivity contribution in [1.29, 1.82) is 0 Å². The Morgan fingerprint density at radius 2 is 1.53 bits per heavy atom. The molecule has 2 bridgehead atoms. The van der Waals surface area contributed by atoms with E-state index in [0.717, 1.165) is 37.2 Å². The Kier molecular flexibility index (Phi) is 4.13. The van der Waals surface area contributed by atoms with Crippen LogP contribution >= 0.6 is 14.3 Å². The van der Waals surface area contributed by atoms with E-state index in [1.807, 2.05) is 25.5 Å². The Morgan fingerprint density at radius 3 is 2.21 bits per heavy atom. The zero-order chi connectivity index (χ0) is 23.6. The smallest absolute Gasteiger partial charge is 0.119 e. The summed E-state index contributed by atoms with van der Waals surface area (Å²) in [7, 11) is -1.87. The first-order valence-corrected chi connectivity index (χ1v) is 16.7. The Hall–Kier alpha value is -2.02. The van der Waals surface area contributed by atoms with E-state index < -0.39 is 19.4 Å². The SMILES string of the molecule is COc1ccc2c(c1)CC[C@@]13C2=C[C@@H]([C@@H]2[C@H]1C1=C(CCc4cc(OC)ccc41)P2(C)=O)P3(C)=O. The van der Waals surface area contributed by atoms with Gasteiger partial charge in [0.05, 0.1) is 19.4 Å². The number of fused-ring (bicyclic) bond motifs is 8. The molecule has 7 rings (SSSR count). The van der Waals surface area contributed by atoms with Crippen molar-refractivity contribution >= 4 is 25.4 Å². The molecule has 1 spiro atoms. The summed E-state index contributed by atoms with van der Waals surface area (Å²) >= 11 is 0. The number of benzene rings is 2. The molecule has 0 saturated carbocycles. The van der Waals surface area contributed by atoms with Crippen molar-refractivity contribution in [2.45, 2.75) is 42.2 Å². The van der Waals surface area contributed by atoms with Crippen LogP contribution in [0.5, 0.6) is 11.5 Å². The number of hydrogen-bond acceptors (Lipinski definition) is 4. The normalized spacial score (nSPS) is 38.5. The first-order chi connectivity index (χ1) is 16.3. The molecule has 3 aliphatic heterocycles. The van der Waals surface area contributed by atoms with Gasteiger partial charge in [-0.1, -0.05) is 18.2 Å². The summed E-state index contributed by atoms with van der Waals surface area (Å²) in [4.78, 5) is 0. The van der Waals surface area contributed by atoms with Gasteiger partial charge in [-0.15, -0.1) is 0 Å². The van der Waals surface area contributed by atoms with Crippen molar-refractivity contribution in [3.63, 3.8) is 0 Å².